The molecule has 0 spiro atoms. The van der Waals surface area contributed by atoms with Crippen molar-refractivity contribution in [1.82, 2.24) is 29.7 Å². The molecule has 1 aromatic carbocycles. The topological polar surface area (TPSA) is 131 Å². The van der Waals surface area contributed by atoms with Crippen LogP contribution in [0.4, 0.5) is 29.0 Å². The number of aryl methyl sites for hydroxylation is 1. The molecular formula is C21H23N9O2S. The highest BCUT2D eigenvalue weighted by atomic mass is 32.2. The van der Waals surface area contributed by atoms with Gasteiger partial charge in [0.2, 0.25) is 16.0 Å². The first kappa shape index (κ1) is 22.1. The van der Waals surface area contributed by atoms with E-state index in [0.717, 1.165) is 17.1 Å². The van der Waals surface area contributed by atoms with Gasteiger partial charge in [0, 0.05) is 50.0 Å². The number of nitrogens with one attached hydrogen (secondary N) is 2. The zero-order valence-corrected chi connectivity index (χ0v) is 19.2. The van der Waals surface area contributed by atoms with Gasteiger partial charge < -0.3 is 10.6 Å². The molecule has 0 aliphatic carbocycles. The molecule has 0 aliphatic rings. The molecule has 4 rings (SSSR count). The molecular weight excluding hydrogens is 442 g/mol. The number of sulfonamides is 1. The quantitative estimate of drug-likeness (QED) is 0.403. The van der Waals surface area contributed by atoms with E-state index in [2.05, 4.69) is 42.2 Å². The number of benzene rings is 1. The van der Waals surface area contributed by atoms with Crippen molar-refractivity contribution < 1.29 is 8.42 Å². The molecule has 0 atom stereocenters. The third-order valence-electron chi connectivity index (χ3n) is 4.92. The smallest absolute Gasteiger partial charge is 0.232 e. The maximum absolute atomic E-state index is 12.4. The molecule has 12 heteroatoms. The summed E-state index contributed by atoms with van der Waals surface area (Å²) in [4.78, 5) is 17.5. The Balaban J connectivity index is 1.78. The molecule has 0 unspecified atom stereocenters. The minimum absolute atomic E-state index is 0.322. The minimum Gasteiger partial charge on any atom is -0.338 e. The van der Waals surface area contributed by atoms with Gasteiger partial charge in [-0.15, -0.1) is 0 Å². The fourth-order valence-corrected chi connectivity index (χ4v) is 3.67. The third kappa shape index (κ3) is 4.60. The summed E-state index contributed by atoms with van der Waals surface area (Å²) in [5.41, 5.74) is 2.47. The van der Waals surface area contributed by atoms with Crippen LogP contribution in [-0.4, -0.2) is 51.4 Å². The van der Waals surface area contributed by atoms with Gasteiger partial charge in [-0.25, -0.2) is 13.4 Å². The first-order valence-corrected chi connectivity index (χ1v) is 11.9. The molecule has 3 heterocycles. The summed E-state index contributed by atoms with van der Waals surface area (Å²) in [6.07, 6.45) is 9.27. The van der Waals surface area contributed by atoms with Crippen LogP contribution < -0.4 is 14.9 Å². The summed E-state index contributed by atoms with van der Waals surface area (Å²) in [5.74, 6) is 1.36. The Bertz CT molecular complexity index is 1430. The van der Waals surface area contributed by atoms with E-state index in [-0.39, 0.29) is 0 Å². The lowest BCUT2D eigenvalue weighted by Gasteiger charge is -2.22. The lowest BCUT2D eigenvalue weighted by atomic mass is 10.2. The standard InChI is InChI=1S/C21H23N9O2S/c1-5-14-13-24-21(26-17-9-12-30(6-2)28-17)27-20(14)25-16-8-7-15-18(23-11-10-22-15)19(16)29(3)33(4,31)32/h5,7-13H,1,6H2,2-4H3,(H2,24,25,26,27,28). The lowest BCUT2D eigenvalue weighted by Crippen LogP contribution is -2.26. The number of nitrogens with zero attached hydrogens (tertiary/aromatic N) is 7. The van der Waals surface area contributed by atoms with Crippen LogP contribution in [0.1, 0.15) is 12.5 Å². The second kappa shape index (κ2) is 8.82. The fraction of sp³-hybridized carbons (Fsp3) is 0.190. The normalized spacial score (nSPS) is 11.4. The SMILES string of the molecule is C=Cc1cnc(Nc2ccn(CC)n2)nc1Nc1ccc2nccnc2c1N(C)S(C)(=O)=O. The zero-order chi connectivity index (χ0) is 23.6. The summed E-state index contributed by atoms with van der Waals surface area (Å²) in [7, 11) is -2.11. The molecule has 0 bridgehead atoms. The Morgan fingerprint density at radius 3 is 2.64 bits per heavy atom. The summed E-state index contributed by atoms with van der Waals surface area (Å²) in [6, 6.07) is 5.32. The maximum Gasteiger partial charge on any atom is 0.232 e. The van der Waals surface area contributed by atoms with E-state index in [9.17, 15) is 8.42 Å². The Morgan fingerprint density at radius 1 is 1.15 bits per heavy atom. The van der Waals surface area contributed by atoms with Crippen molar-refractivity contribution in [3.63, 3.8) is 0 Å². The van der Waals surface area contributed by atoms with Crippen LogP contribution in [0.5, 0.6) is 0 Å². The van der Waals surface area contributed by atoms with Crippen molar-refractivity contribution in [3.8, 4) is 0 Å². The highest BCUT2D eigenvalue weighted by molar-refractivity contribution is 7.92. The van der Waals surface area contributed by atoms with Crippen molar-refractivity contribution in [2.45, 2.75) is 13.5 Å². The van der Waals surface area contributed by atoms with Crippen LogP contribution >= 0.6 is 0 Å². The van der Waals surface area contributed by atoms with E-state index in [1.54, 1.807) is 35.3 Å². The van der Waals surface area contributed by atoms with Crippen LogP contribution in [0.25, 0.3) is 17.1 Å². The van der Waals surface area contributed by atoms with Gasteiger partial charge in [0.1, 0.15) is 17.0 Å². The van der Waals surface area contributed by atoms with Gasteiger partial charge in [0.05, 0.1) is 17.5 Å². The summed E-state index contributed by atoms with van der Waals surface area (Å²) in [6.45, 7) is 6.56. The van der Waals surface area contributed by atoms with Gasteiger partial charge in [-0.1, -0.05) is 12.7 Å². The molecule has 0 fully saturated rings. The molecule has 2 N–H and O–H groups in total. The van der Waals surface area contributed by atoms with E-state index in [1.807, 2.05) is 19.2 Å². The fourth-order valence-electron chi connectivity index (χ4n) is 3.15. The molecule has 0 radical (unpaired) electrons. The molecule has 170 valence electrons. The Hall–Kier alpha value is -4.06. The molecule has 0 saturated heterocycles. The van der Waals surface area contributed by atoms with Gasteiger partial charge in [0.15, 0.2) is 5.82 Å². The average molecular weight is 466 g/mol. The van der Waals surface area contributed by atoms with Crippen molar-refractivity contribution in [2.75, 3.05) is 28.2 Å². The number of fused-ring (bicyclic) bond motifs is 1. The Labute approximate surface area is 191 Å². The number of hydrogen-bond donors (Lipinski definition) is 2. The van der Waals surface area contributed by atoms with Gasteiger partial charge in [-0.3, -0.25) is 19.0 Å². The molecule has 4 aromatic rings. The molecule has 3 aromatic heterocycles. The highest BCUT2D eigenvalue weighted by Gasteiger charge is 2.21. The number of anilines is 5. The molecule has 0 saturated carbocycles. The molecule has 0 amide bonds. The summed E-state index contributed by atoms with van der Waals surface area (Å²) < 4.78 is 27.7. The number of hydrogen-bond acceptors (Lipinski definition) is 9. The Kier molecular flexibility index (Phi) is 5.92. The first-order chi connectivity index (χ1) is 15.8. The molecule has 0 aliphatic heterocycles. The van der Waals surface area contributed by atoms with Crippen molar-refractivity contribution in [1.29, 1.82) is 0 Å². The third-order valence-corrected chi connectivity index (χ3v) is 6.10. The van der Waals surface area contributed by atoms with E-state index >= 15 is 0 Å². The number of aromatic nitrogens is 6. The van der Waals surface area contributed by atoms with Crippen molar-refractivity contribution in [3.05, 3.63) is 55.1 Å². The van der Waals surface area contributed by atoms with Crippen molar-refractivity contribution >= 4 is 56.1 Å². The van der Waals surface area contributed by atoms with Crippen LogP contribution in [0, 0.1) is 0 Å². The van der Waals surface area contributed by atoms with Gasteiger partial charge >= 0.3 is 0 Å². The predicted octanol–water partition coefficient (Wildman–Crippen LogP) is 3.16. The van der Waals surface area contributed by atoms with Crippen LogP contribution in [0.3, 0.4) is 0 Å². The Morgan fingerprint density at radius 2 is 1.94 bits per heavy atom. The van der Waals surface area contributed by atoms with Crippen LogP contribution in [0.2, 0.25) is 0 Å². The molecule has 33 heavy (non-hydrogen) atoms. The molecule has 11 nitrogen and oxygen atoms in total. The monoisotopic (exact) mass is 465 g/mol. The average Bonchev–Trinajstić information content (AvgIpc) is 3.25. The van der Waals surface area contributed by atoms with Gasteiger partial charge in [0.25, 0.3) is 0 Å². The highest BCUT2D eigenvalue weighted by Crippen LogP contribution is 2.35. The van der Waals surface area contributed by atoms with Gasteiger partial charge in [-0.2, -0.15) is 10.1 Å². The van der Waals surface area contributed by atoms with Crippen LogP contribution in [0.15, 0.2) is 49.6 Å². The van der Waals surface area contributed by atoms with E-state index in [4.69, 9.17) is 0 Å². The second-order valence-electron chi connectivity index (χ2n) is 7.12. The number of rotatable bonds is 8. The largest absolute Gasteiger partial charge is 0.338 e. The zero-order valence-electron chi connectivity index (χ0n) is 18.4. The van der Waals surface area contributed by atoms with E-state index < -0.39 is 10.0 Å². The lowest BCUT2D eigenvalue weighted by molar-refractivity contribution is 0.600. The summed E-state index contributed by atoms with van der Waals surface area (Å²) >= 11 is 0. The van der Waals surface area contributed by atoms with Crippen LogP contribution in [-0.2, 0) is 16.6 Å². The minimum atomic E-state index is -3.58. The van der Waals surface area contributed by atoms with E-state index in [1.165, 1.54) is 13.2 Å². The van der Waals surface area contributed by atoms with Gasteiger partial charge in [-0.05, 0) is 19.1 Å². The summed E-state index contributed by atoms with van der Waals surface area (Å²) in [5, 5.41) is 10.7. The first-order valence-electron chi connectivity index (χ1n) is 10.0. The van der Waals surface area contributed by atoms with Crippen molar-refractivity contribution in [2.24, 2.45) is 0 Å². The van der Waals surface area contributed by atoms with E-state index in [0.29, 0.717) is 45.6 Å². The second-order valence-corrected chi connectivity index (χ2v) is 9.14. The maximum atomic E-state index is 12.4. The predicted molar refractivity (Wildman–Crippen MR) is 129 cm³/mol.